The quantitative estimate of drug-likeness (QED) is 0.451. The van der Waals surface area contributed by atoms with Crippen molar-refractivity contribution in [2.45, 2.75) is 39.3 Å². The van der Waals surface area contributed by atoms with Crippen LogP contribution in [0.3, 0.4) is 0 Å². The van der Waals surface area contributed by atoms with E-state index in [0.29, 0.717) is 13.0 Å². The van der Waals surface area contributed by atoms with E-state index in [0.717, 1.165) is 33.8 Å². The molecule has 0 aliphatic rings. The summed E-state index contributed by atoms with van der Waals surface area (Å²) in [7, 11) is 0. The van der Waals surface area contributed by atoms with Gasteiger partial charge in [-0.05, 0) is 61.4 Å². The predicted molar refractivity (Wildman–Crippen MR) is 119 cm³/mol. The molecule has 5 nitrogen and oxygen atoms in total. The van der Waals surface area contributed by atoms with Gasteiger partial charge in [0, 0.05) is 18.5 Å². The van der Waals surface area contributed by atoms with Crippen LogP contribution in [0, 0.1) is 18.6 Å². The Morgan fingerprint density at radius 3 is 2.31 bits per heavy atom. The number of fused-ring (bicyclic) bond motifs is 1. The second-order valence-electron chi connectivity index (χ2n) is 7.88. The van der Waals surface area contributed by atoms with E-state index in [1.54, 1.807) is 24.3 Å². The first-order valence-corrected chi connectivity index (χ1v) is 10.5. The molecule has 164 valence electrons. The number of halogens is 2. The molecule has 0 saturated carbocycles. The van der Waals surface area contributed by atoms with Crippen LogP contribution in [0.1, 0.15) is 42.0 Å². The Morgan fingerprint density at radius 2 is 1.62 bits per heavy atom. The highest BCUT2D eigenvalue weighted by Crippen LogP contribution is 2.19. The van der Waals surface area contributed by atoms with E-state index in [9.17, 15) is 13.6 Å². The Hall–Kier alpha value is -3.61. The summed E-state index contributed by atoms with van der Waals surface area (Å²) in [5.74, 6) is 0.0277. The Bertz CT molecular complexity index is 1230. The number of hydrogen-bond donors (Lipinski definition) is 1. The second-order valence-corrected chi connectivity index (χ2v) is 7.88. The van der Waals surface area contributed by atoms with Crippen LogP contribution in [0.5, 0.6) is 0 Å². The van der Waals surface area contributed by atoms with E-state index >= 15 is 0 Å². The molecular weight excluding hydrogens is 410 g/mol. The predicted octanol–water partition coefficient (Wildman–Crippen LogP) is 4.88. The molecule has 0 bridgehead atoms. The zero-order chi connectivity index (χ0) is 22.7. The third-order valence-electron chi connectivity index (χ3n) is 5.39. The molecule has 4 aromatic rings. The van der Waals surface area contributed by atoms with Gasteiger partial charge in [-0.2, -0.15) is 0 Å². The molecule has 0 saturated heterocycles. The first kappa shape index (κ1) is 21.6. The number of rotatable bonds is 7. The zero-order valence-corrected chi connectivity index (χ0v) is 18.0. The summed E-state index contributed by atoms with van der Waals surface area (Å²) in [6.07, 6.45) is 0.676. The number of nitrogens with one attached hydrogen (secondary N) is 1. The molecule has 2 aromatic heterocycles. The Labute approximate surface area is 185 Å². The summed E-state index contributed by atoms with van der Waals surface area (Å²) in [4.78, 5) is 21.9. The minimum atomic E-state index is -0.309. The lowest BCUT2D eigenvalue weighted by molar-refractivity contribution is -0.121. The first-order chi connectivity index (χ1) is 15.4. The highest BCUT2D eigenvalue weighted by atomic mass is 19.1. The first-order valence-electron chi connectivity index (χ1n) is 10.5. The zero-order valence-electron chi connectivity index (χ0n) is 18.0. The summed E-state index contributed by atoms with van der Waals surface area (Å²) < 4.78 is 28.4. The molecule has 0 radical (unpaired) electrons. The molecule has 1 amide bonds. The second kappa shape index (κ2) is 9.26. The van der Waals surface area contributed by atoms with Gasteiger partial charge in [-0.15, -0.1) is 0 Å². The minimum absolute atomic E-state index is 0.119. The average molecular weight is 434 g/mol. The number of imidazole rings is 1. The topological polar surface area (TPSA) is 59.8 Å². The number of hydrogen-bond acceptors (Lipinski definition) is 3. The fourth-order valence-corrected chi connectivity index (χ4v) is 3.65. The SMILES string of the molecule is Cc1ccc2nc(CCC(=O)N[C@@H](C)c3ccc(F)cc3)n(Cc3ccc(F)cc3)c2n1. The summed E-state index contributed by atoms with van der Waals surface area (Å²) >= 11 is 0. The number of benzene rings is 2. The van der Waals surface area contributed by atoms with Gasteiger partial charge in [-0.3, -0.25) is 4.79 Å². The molecule has 0 aliphatic carbocycles. The summed E-state index contributed by atoms with van der Waals surface area (Å²) in [6, 6.07) is 16.0. The van der Waals surface area contributed by atoms with Crippen LogP contribution in [-0.4, -0.2) is 20.4 Å². The highest BCUT2D eigenvalue weighted by Gasteiger charge is 2.16. The van der Waals surface area contributed by atoms with Crippen LogP contribution in [0.15, 0.2) is 60.7 Å². The maximum atomic E-state index is 13.3. The number of carbonyl (C=O) groups is 1. The van der Waals surface area contributed by atoms with Crippen molar-refractivity contribution in [3.8, 4) is 0 Å². The van der Waals surface area contributed by atoms with Crippen LogP contribution in [0.4, 0.5) is 8.78 Å². The third kappa shape index (κ3) is 4.99. The number of pyridine rings is 1. The van der Waals surface area contributed by atoms with Gasteiger partial charge in [0.05, 0.1) is 12.6 Å². The van der Waals surface area contributed by atoms with Crippen molar-refractivity contribution < 1.29 is 13.6 Å². The Morgan fingerprint density at radius 1 is 0.969 bits per heavy atom. The van der Waals surface area contributed by atoms with Crippen molar-refractivity contribution in [2.75, 3.05) is 0 Å². The van der Waals surface area contributed by atoms with Crippen LogP contribution < -0.4 is 5.32 Å². The Kier molecular flexibility index (Phi) is 6.25. The summed E-state index contributed by atoms with van der Waals surface area (Å²) in [5, 5.41) is 2.95. The van der Waals surface area contributed by atoms with E-state index < -0.39 is 0 Å². The Balaban J connectivity index is 1.51. The van der Waals surface area contributed by atoms with Crippen LogP contribution >= 0.6 is 0 Å². The van der Waals surface area contributed by atoms with Crippen LogP contribution in [-0.2, 0) is 17.8 Å². The molecule has 0 aliphatic heterocycles. The molecule has 0 fully saturated rings. The maximum absolute atomic E-state index is 13.3. The van der Waals surface area contributed by atoms with Gasteiger partial charge in [-0.1, -0.05) is 24.3 Å². The fraction of sp³-hybridized carbons (Fsp3) is 0.240. The molecule has 1 N–H and O–H groups in total. The van der Waals surface area contributed by atoms with E-state index in [1.165, 1.54) is 24.3 Å². The lowest BCUT2D eigenvalue weighted by Gasteiger charge is -2.14. The molecule has 2 aromatic carbocycles. The van der Waals surface area contributed by atoms with Crippen molar-refractivity contribution in [1.82, 2.24) is 19.9 Å². The van der Waals surface area contributed by atoms with Crippen LogP contribution in [0.2, 0.25) is 0 Å². The van der Waals surface area contributed by atoms with Gasteiger partial charge in [0.2, 0.25) is 5.91 Å². The van der Waals surface area contributed by atoms with E-state index in [4.69, 9.17) is 4.98 Å². The normalized spacial score (nSPS) is 12.1. The molecule has 0 spiro atoms. The number of aromatic nitrogens is 3. The van der Waals surface area contributed by atoms with Gasteiger partial charge in [-0.25, -0.2) is 18.7 Å². The van der Waals surface area contributed by atoms with Crippen molar-refractivity contribution in [2.24, 2.45) is 0 Å². The van der Waals surface area contributed by atoms with Gasteiger partial charge in [0.1, 0.15) is 23.0 Å². The smallest absolute Gasteiger partial charge is 0.220 e. The van der Waals surface area contributed by atoms with Gasteiger partial charge < -0.3 is 9.88 Å². The molecule has 4 rings (SSSR count). The third-order valence-corrected chi connectivity index (χ3v) is 5.39. The highest BCUT2D eigenvalue weighted by molar-refractivity contribution is 5.77. The van der Waals surface area contributed by atoms with Crippen molar-refractivity contribution in [3.63, 3.8) is 0 Å². The van der Waals surface area contributed by atoms with Crippen molar-refractivity contribution >= 4 is 17.1 Å². The molecule has 7 heteroatoms. The summed E-state index contributed by atoms with van der Waals surface area (Å²) in [5.41, 5.74) is 4.12. The van der Waals surface area contributed by atoms with E-state index in [-0.39, 0.29) is 30.0 Å². The monoisotopic (exact) mass is 434 g/mol. The number of carbonyl (C=O) groups excluding carboxylic acids is 1. The molecule has 0 unspecified atom stereocenters. The molecule has 2 heterocycles. The number of amides is 1. The lowest BCUT2D eigenvalue weighted by atomic mass is 10.1. The van der Waals surface area contributed by atoms with Gasteiger partial charge >= 0.3 is 0 Å². The molecule has 1 atom stereocenters. The number of nitrogens with zero attached hydrogens (tertiary/aromatic N) is 3. The molecular formula is C25H24F2N4O. The fourth-order valence-electron chi connectivity index (χ4n) is 3.65. The standard InChI is InChI=1S/C25H24F2N4O/c1-16-3-12-22-25(28-16)31(15-18-4-8-20(26)9-5-18)23(30-22)13-14-24(32)29-17(2)19-6-10-21(27)11-7-19/h3-12,17H,13-15H2,1-2H3,(H,29,32)/t17-/m0/s1. The largest absolute Gasteiger partial charge is 0.350 e. The maximum Gasteiger partial charge on any atom is 0.220 e. The van der Waals surface area contributed by atoms with E-state index in [2.05, 4.69) is 10.3 Å². The summed E-state index contributed by atoms with van der Waals surface area (Å²) in [6.45, 7) is 4.26. The average Bonchev–Trinajstić information content (AvgIpc) is 3.11. The van der Waals surface area contributed by atoms with Crippen molar-refractivity contribution in [3.05, 3.63) is 94.9 Å². The molecule has 32 heavy (non-hydrogen) atoms. The number of aryl methyl sites for hydroxylation is 2. The van der Waals surface area contributed by atoms with Crippen LogP contribution in [0.25, 0.3) is 11.2 Å². The van der Waals surface area contributed by atoms with Crippen molar-refractivity contribution in [1.29, 1.82) is 0 Å². The lowest BCUT2D eigenvalue weighted by Crippen LogP contribution is -2.27. The van der Waals surface area contributed by atoms with Gasteiger partial charge in [0.25, 0.3) is 0 Å². The van der Waals surface area contributed by atoms with E-state index in [1.807, 2.05) is 30.5 Å². The van der Waals surface area contributed by atoms with Gasteiger partial charge in [0.15, 0.2) is 5.65 Å². The minimum Gasteiger partial charge on any atom is -0.350 e.